The lowest BCUT2D eigenvalue weighted by atomic mass is 9.95. The summed E-state index contributed by atoms with van der Waals surface area (Å²) in [5, 5.41) is 7.76. The van der Waals surface area contributed by atoms with Crippen molar-refractivity contribution < 1.29 is 18.7 Å². The number of carbonyl (C=O) groups is 1. The van der Waals surface area contributed by atoms with Gasteiger partial charge in [0.2, 0.25) is 5.95 Å². The first-order valence-corrected chi connectivity index (χ1v) is 12.8. The number of hydrogen-bond donors (Lipinski definition) is 1. The number of ether oxygens (including phenoxy) is 2. The van der Waals surface area contributed by atoms with Crippen LogP contribution in [0.4, 0.5) is 20.8 Å². The Morgan fingerprint density at radius 2 is 1.82 bits per heavy atom. The van der Waals surface area contributed by atoms with E-state index in [0.29, 0.717) is 29.3 Å². The Hall–Kier alpha value is -4.14. The summed E-state index contributed by atoms with van der Waals surface area (Å²) in [4.78, 5) is 19.3. The smallest absolute Gasteiger partial charge is 0.410 e. The molecule has 3 heterocycles. The van der Waals surface area contributed by atoms with Crippen molar-refractivity contribution in [3.63, 3.8) is 0 Å². The van der Waals surface area contributed by atoms with Gasteiger partial charge in [-0.05, 0) is 75.9 Å². The van der Waals surface area contributed by atoms with Crippen LogP contribution in [0.2, 0.25) is 0 Å². The zero-order chi connectivity index (χ0) is 26.9. The number of fused-ring (bicyclic) bond motifs is 1. The van der Waals surface area contributed by atoms with Gasteiger partial charge in [-0.3, -0.25) is 0 Å². The van der Waals surface area contributed by atoms with Crippen molar-refractivity contribution in [2.45, 2.75) is 51.7 Å². The van der Waals surface area contributed by atoms with Gasteiger partial charge in [0.05, 0.1) is 13.2 Å². The van der Waals surface area contributed by atoms with E-state index in [4.69, 9.17) is 9.47 Å². The van der Waals surface area contributed by atoms with E-state index >= 15 is 0 Å². The van der Waals surface area contributed by atoms with E-state index in [1.807, 2.05) is 49.9 Å². The lowest BCUT2D eigenvalue weighted by Crippen LogP contribution is -2.41. The van der Waals surface area contributed by atoms with Gasteiger partial charge in [-0.25, -0.2) is 13.7 Å². The SMILES string of the molecule is COc1cccc(-c2cccn3nc(Nc4ccc(C5CCCCN5C(=O)OC(C)(C)C)cc4)nc23)c1F. The largest absolute Gasteiger partial charge is 0.494 e. The van der Waals surface area contributed by atoms with Crippen LogP contribution in [0.15, 0.2) is 60.8 Å². The predicted octanol–water partition coefficient (Wildman–Crippen LogP) is 6.75. The van der Waals surface area contributed by atoms with Crippen LogP contribution in [0.5, 0.6) is 5.75 Å². The van der Waals surface area contributed by atoms with E-state index in [2.05, 4.69) is 15.4 Å². The van der Waals surface area contributed by atoms with Gasteiger partial charge in [-0.1, -0.05) is 24.3 Å². The van der Waals surface area contributed by atoms with Crippen molar-refractivity contribution in [1.82, 2.24) is 19.5 Å². The summed E-state index contributed by atoms with van der Waals surface area (Å²) >= 11 is 0. The topological polar surface area (TPSA) is 81.0 Å². The monoisotopic (exact) mass is 517 g/mol. The maximum atomic E-state index is 15.0. The average molecular weight is 518 g/mol. The summed E-state index contributed by atoms with van der Waals surface area (Å²) in [6.07, 6.45) is 4.42. The summed E-state index contributed by atoms with van der Waals surface area (Å²) in [7, 11) is 1.44. The lowest BCUT2D eigenvalue weighted by Gasteiger charge is -2.37. The van der Waals surface area contributed by atoms with E-state index in [0.717, 1.165) is 30.5 Å². The molecule has 1 aliphatic heterocycles. The number of nitrogens with zero attached hydrogens (tertiary/aromatic N) is 4. The molecule has 1 atom stereocenters. The number of pyridine rings is 1. The van der Waals surface area contributed by atoms with Gasteiger partial charge in [-0.15, -0.1) is 5.10 Å². The summed E-state index contributed by atoms with van der Waals surface area (Å²) in [5.41, 5.74) is 2.85. The summed E-state index contributed by atoms with van der Waals surface area (Å²) in [6, 6.07) is 16.5. The highest BCUT2D eigenvalue weighted by molar-refractivity contribution is 5.79. The van der Waals surface area contributed by atoms with Crippen molar-refractivity contribution in [2.75, 3.05) is 19.0 Å². The highest BCUT2D eigenvalue weighted by Crippen LogP contribution is 2.34. The van der Waals surface area contributed by atoms with Crippen LogP contribution in [0, 0.1) is 5.82 Å². The third-order valence-corrected chi connectivity index (χ3v) is 6.52. The molecule has 1 fully saturated rings. The molecule has 1 amide bonds. The molecule has 0 saturated carbocycles. The molecule has 0 aliphatic carbocycles. The van der Waals surface area contributed by atoms with E-state index in [-0.39, 0.29) is 17.9 Å². The first kappa shape index (κ1) is 25.5. The molecule has 0 spiro atoms. The summed E-state index contributed by atoms with van der Waals surface area (Å²) < 4.78 is 27.4. The fraction of sp³-hybridized carbons (Fsp3) is 0.345. The average Bonchev–Trinajstić information content (AvgIpc) is 3.31. The minimum Gasteiger partial charge on any atom is -0.494 e. The molecule has 8 nitrogen and oxygen atoms in total. The number of methoxy groups -OCH3 is 1. The van der Waals surface area contributed by atoms with Crippen molar-refractivity contribution in [2.24, 2.45) is 0 Å². The normalized spacial score (nSPS) is 15.9. The maximum Gasteiger partial charge on any atom is 0.410 e. The molecule has 0 bridgehead atoms. The molecule has 2 aromatic heterocycles. The molecule has 38 heavy (non-hydrogen) atoms. The van der Waals surface area contributed by atoms with E-state index in [1.165, 1.54) is 7.11 Å². The second kappa shape index (κ2) is 10.3. The number of nitrogens with one attached hydrogen (secondary N) is 1. The number of halogens is 1. The number of carbonyl (C=O) groups excluding carboxylic acids is 1. The molecule has 0 radical (unpaired) electrons. The second-order valence-electron chi connectivity index (χ2n) is 10.4. The molecule has 1 N–H and O–H groups in total. The number of hydrogen-bond acceptors (Lipinski definition) is 6. The molecule has 5 rings (SSSR count). The van der Waals surface area contributed by atoms with Crippen LogP contribution in [0.25, 0.3) is 16.8 Å². The summed E-state index contributed by atoms with van der Waals surface area (Å²) in [5.74, 6) is 0.117. The Morgan fingerprint density at radius 1 is 1.05 bits per heavy atom. The number of rotatable bonds is 5. The lowest BCUT2D eigenvalue weighted by molar-refractivity contribution is 0.00951. The highest BCUT2D eigenvalue weighted by atomic mass is 19.1. The fourth-order valence-corrected chi connectivity index (χ4v) is 4.78. The predicted molar refractivity (Wildman–Crippen MR) is 144 cm³/mol. The van der Waals surface area contributed by atoms with Crippen LogP contribution in [-0.2, 0) is 4.74 Å². The zero-order valence-corrected chi connectivity index (χ0v) is 22.1. The Bertz CT molecular complexity index is 1450. The molecule has 4 aromatic rings. The first-order chi connectivity index (χ1) is 18.2. The van der Waals surface area contributed by atoms with Crippen molar-refractivity contribution in [3.8, 4) is 16.9 Å². The number of likely N-dealkylation sites (tertiary alicyclic amines) is 1. The van der Waals surface area contributed by atoms with Crippen LogP contribution >= 0.6 is 0 Å². The Labute approximate surface area is 221 Å². The van der Waals surface area contributed by atoms with Crippen LogP contribution < -0.4 is 10.1 Å². The van der Waals surface area contributed by atoms with Crippen molar-refractivity contribution in [1.29, 1.82) is 0 Å². The Balaban J connectivity index is 1.37. The number of aromatic nitrogens is 3. The minimum atomic E-state index is -0.536. The molecule has 1 aliphatic rings. The van der Waals surface area contributed by atoms with Crippen LogP contribution in [0.1, 0.15) is 51.6 Å². The molecule has 1 saturated heterocycles. The van der Waals surface area contributed by atoms with Gasteiger partial charge >= 0.3 is 6.09 Å². The van der Waals surface area contributed by atoms with E-state index in [9.17, 15) is 9.18 Å². The van der Waals surface area contributed by atoms with Gasteiger partial charge in [0.15, 0.2) is 17.2 Å². The van der Waals surface area contributed by atoms with Crippen LogP contribution in [0.3, 0.4) is 0 Å². The molecule has 9 heteroatoms. The molecule has 1 unspecified atom stereocenters. The van der Waals surface area contributed by atoms with Crippen LogP contribution in [-0.4, -0.2) is 44.8 Å². The first-order valence-electron chi connectivity index (χ1n) is 12.8. The summed E-state index contributed by atoms with van der Waals surface area (Å²) in [6.45, 7) is 6.33. The number of piperidine rings is 1. The third-order valence-electron chi connectivity index (χ3n) is 6.52. The fourth-order valence-electron chi connectivity index (χ4n) is 4.78. The minimum absolute atomic E-state index is 0.0266. The number of amides is 1. The third kappa shape index (κ3) is 5.27. The van der Waals surface area contributed by atoms with Gasteiger partial charge < -0.3 is 19.7 Å². The molecule has 2 aromatic carbocycles. The standard InChI is InChI=1S/C29H32FN5O3/c1-29(2,3)38-28(36)34-17-6-5-11-23(34)19-13-15-20(16-14-19)31-27-32-26-22(10-8-18-35(26)33-27)21-9-7-12-24(37-4)25(21)30/h7-10,12-16,18,23H,5-6,11,17H2,1-4H3,(H,31,33). The molecular formula is C29H32FN5O3. The maximum absolute atomic E-state index is 15.0. The van der Waals surface area contributed by atoms with E-state index < -0.39 is 11.4 Å². The quantitative estimate of drug-likeness (QED) is 0.315. The molecule has 198 valence electrons. The Morgan fingerprint density at radius 3 is 2.55 bits per heavy atom. The van der Waals surface area contributed by atoms with Crippen molar-refractivity contribution >= 4 is 23.4 Å². The van der Waals surface area contributed by atoms with Gasteiger partial charge in [-0.2, -0.15) is 4.98 Å². The van der Waals surface area contributed by atoms with E-state index in [1.54, 1.807) is 41.0 Å². The zero-order valence-electron chi connectivity index (χ0n) is 22.1. The number of anilines is 2. The van der Waals surface area contributed by atoms with Crippen molar-refractivity contribution in [3.05, 3.63) is 72.2 Å². The van der Waals surface area contributed by atoms with Gasteiger partial charge in [0.1, 0.15) is 5.60 Å². The van der Waals surface area contributed by atoms with Gasteiger partial charge in [0.25, 0.3) is 0 Å². The Kier molecular flexibility index (Phi) is 6.93. The number of benzene rings is 2. The second-order valence-corrected chi connectivity index (χ2v) is 10.4. The highest BCUT2D eigenvalue weighted by Gasteiger charge is 2.31. The van der Waals surface area contributed by atoms with Gasteiger partial charge in [0, 0.05) is 29.6 Å². The molecular weight excluding hydrogens is 485 g/mol.